The highest BCUT2D eigenvalue weighted by molar-refractivity contribution is 7.18. The Labute approximate surface area is 174 Å². The molecule has 1 aliphatic carbocycles. The Morgan fingerprint density at radius 1 is 0.931 bits per heavy atom. The molecule has 0 radical (unpaired) electrons. The zero-order valence-electron chi connectivity index (χ0n) is 16.2. The number of para-hydroxylation sites is 1. The van der Waals surface area contributed by atoms with Crippen LogP contribution in [0.5, 0.6) is 11.5 Å². The fourth-order valence-corrected chi connectivity index (χ4v) is 5.44. The number of thiazole rings is 1. The van der Waals surface area contributed by atoms with Gasteiger partial charge in [-0.25, -0.2) is 4.98 Å². The van der Waals surface area contributed by atoms with E-state index in [2.05, 4.69) is 35.3 Å². The number of hydrogen-bond donors (Lipinski definition) is 1. The number of fused-ring (bicyclic) bond motifs is 1. The van der Waals surface area contributed by atoms with Crippen LogP contribution < -0.4 is 4.74 Å². The third-order valence-corrected chi connectivity index (χ3v) is 6.98. The molecule has 3 aromatic carbocycles. The molecule has 1 aromatic heterocycles. The van der Waals surface area contributed by atoms with Crippen molar-refractivity contribution in [3.05, 3.63) is 88.9 Å². The summed E-state index contributed by atoms with van der Waals surface area (Å²) in [4.78, 5) is 4.65. The number of phenols is 1. The Kier molecular flexibility index (Phi) is 4.72. The molecule has 0 spiro atoms. The number of aromatic hydroxyl groups is 1. The number of benzene rings is 3. The lowest BCUT2D eigenvalue weighted by molar-refractivity contribution is 0.303. The standard InChI is InChI=1S/C25H23NO2S/c27-22-13-12-19(28-17-24-26-21-10-4-5-11-23(21)29-24)16-20(22)25(14-6-7-15-25)18-8-2-1-3-9-18/h1-5,8-13,16,27H,6-7,14-15,17H2. The molecule has 4 aromatic rings. The second kappa shape index (κ2) is 7.53. The van der Waals surface area contributed by atoms with Crippen LogP contribution in [0.2, 0.25) is 0 Å². The molecule has 5 rings (SSSR count). The SMILES string of the molecule is Oc1ccc(OCc2nc3ccccc3s2)cc1C1(c2ccccc2)CCCC1. The molecule has 29 heavy (non-hydrogen) atoms. The van der Waals surface area contributed by atoms with Gasteiger partial charge in [-0.15, -0.1) is 11.3 Å². The summed E-state index contributed by atoms with van der Waals surface area (Å²) in [6.07, 6.45) is 4.44. The van der Waals surface area contributed by atoms with E-state index >= 15 is 0 Å². The van der Waals surface area contributed by atoms with Crippen molar-refractivity contribution >= 4 is 21.6 Å². The zero-order chi connectivity index (χ0) is 19.7. The summed E-state index contributed by atoms with van der Waals surface area (Å²) in [5.74, 6) is 1.13. The number of rotatable bonds is 5. The lowest BCUT2D eigenvalue weighted by Gasteiger charge is -2.31. The van der Waals surface area contributed by atoms with Gasteiger partial charge in [0.15, 0.2) is 0 Å². The molecular weight excluding hydrogens is 378 g/mol. The Morgan fingerprint density at radius 2 is 1.69 bits per heavy atom. The molecule has 0 amide bonds. The monoisotopic (exact) mass is 401 g/mol. The molecule has 146 valence electrons. The van der Waals surface area contributed by atoms with Gasteiger partial charge < -0.3 is 9.84 Å². The van der Waals surface area contributed by atoms with Crippen LogP contribution in [-0.4, -0.2) is 10.1 Å². The highest BCUT2D eigenvalue weighted by atomic mass is 32.1. The van der Waals surface area contributed by atoms with Gasteiger partial charge in [0.25, 0.3) is 0 Å². The summed E-state index contributed by atoms with van der Waals surface area (Å²) in [6, 6.07) is 24.4. The van der Waals surface area contributed by atoms with E-state index in [0.29, 0.717) is 12.4 Å². The summed E-state index contributed by atoms with van der Waals surface area (Å²) >= 11 is 1.66. The molecule has 3 nitrogen and oxygen atoms in total. The van der Waals surface area contributed by atoms with Gasteiger partial charge in [0, 0.05) is 11.0 Å². The smallest absolute Gasteiger partial charge is 0.140 e. The largest absolute Gasteiger partial charge is 0.508 e. The van der Waals surface area contributed by atoms with Gasteiger partial charge in [-0.3, -0.25) is 0 Å². The van der Waals surface area contributed by atoms with Gasteiger partial charge in [-0.2, -0.15) is 0 Å². The predicted octanol–water partition coefficient (Wildman–Crippen LogP) is 6.44. The van der Waals surface area contributed by atoms with Crippen molar-refractivity contribution < 1.29 is 9.84 Å². The quantitative estimate of drug-likeness (QED) is 0.418. The van der Waals surface area contributed by atoms with E-state index in [1.165, 1.54) is 23.1 Å². The maximum absolute atomic E-state index is 10.7. The molecule has 0 atom stereocenters. The fraction of sp³-hybridized carbons (Fsp3) is 0.240. The minimum absolute atomic E-state index is 0.138. The third-order valence-electron chi connectivity index (χ3n) is 5.97. The third kappa shape index (κ3) is 3.38. The summed E-state index contributed by atoms with van der Waals surface area (Å²) in [5, 5.41) is 11.7. The van der Waals surface area contributed by atoms with Gasteiger partial charge in [0.2, 0.25) is 0 Å². The minimum Gasteiger partial charge on any atom is -0.508 e. The Bertz CT molecular complexity index is 1100. The van der Waals surface area contributed by atoms with Crippen LogP contribution in [0, 0.1) is 0 Å². The number of nitrogens with zero attached hydrogens (tertiary/aromatic N) is 1. The van der Waals surface area contributed by atoms with Crippen LogP contribution in [0.25, 0.3) is 10.2 Å². The van der Waals surface area contributed by atoms with Crippen LogP contribution in [0.15, 0.2) is 72.8 Å². The van der Waals surface area contributed by atoms with E-state index in [-0.39, 0.29) is 5.41 Å². The van der Waals surface area contributed by atoms with Crippen molar-refractivity contribution in [3.8, 4) is 11.5 Å². The molecule has 1 saturated carbocycles. The Morgan fingerprint density at radius 3 is 2.48 bits per heavy atom. The van der Waals surface area contributed by atoms with Crippen LogP contribution >= 0.6 is 11.3 Å². The van der Waals surface area contributed by atoms with Crippen LogP contribution in [-0.2, 0) is 12.0 Å². The molecule has 1 N–H and O–H groups in total. The second-order valence-electron chi connectivity index (χ2n) is 7.70. The van der Waals surface area contributed by atoms with E-state index in [1.807, 2.05) is 36.4 Å². The van der Waals surface area contributed by atoms with Gasteiger partial charge in [0.1, 0.15) is 23.1 Å². The highest BCUT2D eigenvalue weighted by Crippen LogP contribution is 2.49. The van der Waals surface area contributed by atoms with Crippen molar-refractivity contribution in [2.24, 2.45) is 0 Å². The number of aromatic nitrogens is 1. The molecular formula is C25H23NO2S. The maximum Gasteiger partial charge on any atom is 0.140 e. The fourth-order valence-electron chi connectivity index (χ4n) is 4.56. The first-order chi connectivity index (χ1) is 14.2. The predicted molar refractivity (Wildman–Crippen MR) is 118 cm³/mol. The molecule has 0 aliphatic heterocycles. The molecule has 0 saturated heterocycles. The maximum atomic E-state index is 10.7. The molecule has 1 heterocycles. The van der Waals surface area contributed by atoms with Crippen molar-refractivity contribution in [2.45, 2.75) is 37.7 Å². The summed E-state index contributed by atoms with van der Waals surface area (Å²) in [5.41, 5.74) is 3.12. The molecule has 1 fully saturated rings. The van der Waals surface area contributed by atoms with Crippen LogP contribution in [0.4, 0.5) is 0 Å². The summed E-state index contributed by atoms with van der Waals surface area (Å²) < 4.78 is 7.27. The van der Waals surface area contributed by atoms with Gasteiger partial charge >= 0.3 is 0 Å². The number of hydrogen-bond acceptors (Lipinski definition) is 4. The molecule has 0 bridgehead atoms. The van der Waals surface area contributed by atoms with Crippen LogP contribution in [0.3, 0.4) is 0 Å². The topological polar surface area (TPSA) is 42.4 Å². The summed E-state index contributed by atoms with van der Waals surface area (Å²) in [7, 11) is 0. The Balaban J connectivity index is 1.45. The van der Waals surface area contributed by atoms with Crippen molar-refractivity contribution in [2.75, 3.05) is 0 Å². The minimum atomic E-state index is -0.138. The first-order valence-corrected chi connectivity index (χ1v) is 10.9. The van der Waals surface area contributed by atoms with E-state index < -0.39 is 0 Å². The number of phenolic OH excluding ortho intramolecular Hbond substituents is 1. The van der Waals surface area contributed by atoms with E-state index in [1.54, 1.807) is 17.4 Å². The Hall–Kier alpha value is -2.85. The van der Waals surface area contributed by atoms with Crippen molar-refractivity contribution in [3.63, 3.8) is 0 Å². The van der Waals surface area contributed by atoms with Gasteiger partial charge in [-0.05, 0) is 48.7 Å². The van der Waals surface area contributed by atoms with Crippen molar-refractivity contribution in [1.29, 1.82) is 0 Å². The first-order valence-electron chi connectivity index (χ1n) is 10.1. The van der Waals surface area contributed by atoms with E-state index in [0.717, 1.165) is 34.7 Å². The second-order valence-corrected chi connectivity index (χ2v) is 8.81. The van der Waals surface area contributed by atoms with E-state index in [4.69, 9.17) is 4.74 Å². The summed E-state index contributed by atoms with van der Waals surface area (Å²) in [6.45, 7) is 0.432. The average molecular weight is 402 g/mol. The molecule has 0 unspecified atom stereocenters. The average Bonchev–Trinajstić information content (AvgIpc) is 3.41. The van der Waals surface area contributed by atoms with Crippen molar-refractivity contribution in [1.82, 2.24) is 4.98 Å². The first kappa shape index (κ1) is 18.2. The zero-order valence-corrected chi connectivity index (χ0v) is 17.0. The normalized spacial score (nSPS) is 15.6. The number of ether oxygens (including phenoxy) is 1. The lowest BCUT2D eigenvalue weighted by atomic mass is 9.72. The molecule has 1 aliphatic rings. The molecule has 4 heteroatoms. The van der Waals surface area contributed by atoms with E-state index in [9.17, 15) is 5.11 Å². The van der Waals surface area contributed by atoms with Gasteiger partial charge in [0.05, 0.1) is 10.2 Å². The van der Waals surface area contributed by atoms with Crippen LogP contribution in [0.1, 0.15) is 41.8 Å². The highest BCUT2D eigenvalue weighted by Gasteiger charge is 2.39. The lowest BCUT2D eigenvalue weighted by Crippen LogP contribution is -2.23. The van der Waals surface area contributed by atoms with Gasteiger partial charge in [-0.1, -0.05) is 55.3 Å².